The van der Waals surface area contributed by atoms with E-state index in [9.17, 15) is 0 Å². The number of para-hydroxylation sites is 1. The second-order valence-corrected chi connectivity index (χ2v) is 5.02. The molecule has 20 heavy (non-hydrogen) atoms. The fourth-order valence-corrected chi connectivity index (χ4v) is 2.40. The molecular formula is C18H19NO. The van der Waals surface area contributed by atoms with E-state index in [-0.39, 0.29) is 0 Å². The van der Waals surface area contributed by atoms with Crippen molar-refractivity contribution in [3.8, 4) is 0 Å². The topological polar surface area (TPSA) is 25.2 Å². The van der Waals surface area contributed by atoms with E-state index >= 15 is 0 Å². The van der Waals surface area contributed by atoms with Crippen LogP contribution in [0.25, 0.3) is 11.0 Å². The first-order valence-corrected chi connectivity index (χ1v) is 7.14. The Hall–Kier alpha value is -2.06. The first kappa shape index (κ1) is 12.9. The molecule has 0 amide bonds. The van der Waals surface area contributed by atoms with Crippen molar-refractivity contribution >= 4 is 11.0 Å². The van der Waals surface area contributed by atoms with Gasteiger partial charge in [-0.15, -0.1) is 0 Å². The summed E-state index contributed by atoms with van der Waals surface area (Å²) in [4.78, 5) is 0. The smallest absolute Gasteiger partial charge is 0.134 e. The highest BCUT2D eigenvalue weighted by Crippen LogP contribution is 2.18. The molecule has 0 fully saturated rings. The second kappa shape index (κ2) is 6.40. The molecule has 0 spiro atoms. The summed E-state index contributed by atoms with van der Waals surface area (Å²) in [5, 5.41) is 4.61. The van der Waals surface area contributed by atoms with E-state index in [1.54, 1.807) is 0 Å². The predicted molar refractivity (Wildman–Crippen MR) is 82.7 cm³/mol. The Balaban J connectivity index is 1.43. The van der Waals surface area contributed by atoms with Crippen LogP contribution in [0.2, 0.25) is 0 Å². The lowest BCUT2D eigenvalue weighted by Crippen LogP contribution is -2.14. The van der Waals surface area contributed by atoms with Gasteiger partial charge in [-0.1, -0.05) is 48.5 Å². The van der Waals surface area contributed by atoms with Gasteiger partial charge in [0.15, 0.2) is 0 Å². The van der Waals surface area contributed by atoms with Crippen LogP contribution in [0.15, 0.2) is 65.1 Å². The van der Waals surface area contributed by atoms with Crippen LogP contribution >= 0.6 is 0 Å². The van der Waals surface area contributed by atoms with Crippen molar-refractivity contribution in [2.24, 2.45) is 0 Å². The molecule has 2 aromatic carbocycles. The monoisotopic (exact) mass is 265 g/mol. The van der Waals surface area contributed by atoms with Gasteiger partial charge in [-0.25, -0.2) is 0 Å². The van der Waals surface area contributed by atoms with Gasteiger partial charge in [-0.3, -0.25) is 0 Å². The maximum absolute atomic E-state index is 5.77. The second-order valence-electron chi connectivity index (χ2n) is 5.02. The van der Waals surface area contributed by atoms with E-state index < -0.39 is 0 Å². The molecule has 0 unspecified atom stereocenters. The van der Waals surface area contributed by atoms with Crippen LogP contribution in [-0.2, 0) is 13.0 Å². The fraction of sp³-hybridized carbons (Fsp3) is 0.222. The Bertz CT molecular complexity index is 624. The van der Waals surface area contributed by atoms with Crippen LogP contribution < -0.4 is 5.32 Å². The lowest BCUT2D eigenvalue weighted by molar-refractivity contribution is 0.510. The summed E-state index contributed by atoms with van der Waals surface area (Å²) in [6, 6.07) is 20.8. The van der Waals surface area contributed by atoms with Crippen LogP contribution in [0.3, 0.4) is 0 Å². The third-order valence-electron chi connectivity index (χ3n) is 3.44. The first-order valence-electron chi connectivity index (χ1n) is 7.14. The van der Waals surface area contributed by atoms with Gasteiger partial charge in [0.2, 0.25) is 0 Å². The van der Waals surface area contributed by atoms with E-state index in [1.807, 2.05) is 18.2 Å². The van der Waals surface area contributed by atoms with Crippen molar-refractivity contribution in [2.45, 2.75) is 19.4 Å². The van der Waals surface area contributed by atoms with Crippen molar-refractivity contribution in [2.75, 3.05) is 6.54 Å². The molecule has 3 aromatic rings. The van der Waals surface area contributed by atoms with Gasteiger partial charge in [0.25, 0.3) is 0 Å². The molecule has 0 atom stereocenters. The Kier molecular flexibility index (Phi) is 4.14. The molecule has 1 heterocycles. The fourth-order valence-electron chi connectivity index (χ4n) is 2.40. The zero-order valence-corrected chi connectivity index (χ0v) is 11.5. The lowest BCUT2D eigenvalue weighted by atomic mass is 10.1. The lowest BCUT2D eigenvalue weighted by Gasteiger charge is -2.03. The summed E-state index contributed by atoms with van der Waals surface area (Å²) in [5.74, 6) is 1.01. The minimum atomic E-state index is 0.795. The van der Waals surface area contributed by atoms with Crippen molar-refractivity contribution in [1.29, 1.82) is 0 Å². The van der Waals surface area contributed by atoms with E-state index in [2.05, 4.69) is 47.8 Å². The first-order chi connectivity index (χ1) is 9.92. The van der Waals surface area contributed by atoms with Crippen molar-refractivity contribution < 1.29 is 4.42 Å². The molecule has 0 saturated heterocycles. The third-order valence-corrected chi connectivity index (χ3v) is 3.44. The summed E-state index contributed by atoms with van der Waals surface area (Å²) in [6.07, 6.45) is 2.26. The van der Waals surface area contributed by atoms with Crippen LogP contribution in [0, 0.1) is 0 Å². The molecule has 2 heteroatoms. The molecule has 102 valence electrons. The van der Waals surface area contributed by atoms with Gasteiger partial charge in [0, 0.05) is 5.39 Å². The summed E-state index contributed by atoms with van der Waals surface area (Å²) in [5.41, 5.74) is 2.37. The number of furan rings is 1. The van der Waals surface area contributed by atoms with Gasteiger partial charge in [-0.05, 0) is 37.1 Å². The Morgan fingerprint density at radius 3 is 2.55 bits per heavy atom. The summed E-state index contributed by atoms with van der Waals surface area (Å²) < 4.78 is 5.77. The van der Waals surface area contributed by atoms with Crippen LogP contribution in [0.1, 0.15) is 17.7 Å². The van der Waals surface area contributed by atoms with Crippen molar-refractivity contribution in [1.82, 2.24) is 5.32 Å². The van der Waals surface area contributed by atoms with Crippen LogP contribution in [0.4, 0.5) is 0 Å². The SMILES string of the molecule is c1ccc(CCCNCc2cc3ccccc3o2)cc1. The minimum absolute atomic E-state index is 0.795. The van der Waals surface area contributed by atoms with Crippen molar-refractivity contribution in [3.63, 3.8) is 0 Å². The molecule has 0 aliphatic carbocycles. The summed E-state index contributed by atoms with van der Waals surface area (Å²) in [6.45, 7) is 1.80. The minimum Gasteiger partial charge on any atom is -0.460 e. The number of nitrogens with one attached hydrogen (secondary N) is 1. The Morgan fingerprint density at radius 2 is 1.70 bits per heavy atom. The summed E-state index contributed by atoms with van der Waals surface area (Å²) in [7, 11) is 0. The number of rotatable bonds is 6. The third kappa shape index (κ3) is 3.28. The van der Waals surface area contributed by atoms with Crippen molar-refractivity contribution in [3.05, 3.63) is 72.0 Å². The molecule has 2 nitrogen and oxygen atoms in total. The van der Waals surface area contributed by atoms with Gasteiger partial charge in [-0.2, -0.15) is 0 Å². The maximum Gasteiger partial charge on any atom is 0.134 e. The normalized spacial score (nSPS) is 11.0. The van der Waals surface area contributed by atoms with E-state index in [1.165, 1.54) is 10.9 Å². The zero-order valence-electron chi connectivity index (χ0n) is 11.5. The molecule has 0 saturated carbocycles. The molecule has 0 aliphatic heterocycles. The molecule has 0 bridgehead atoms. The van der Waals surface area contributed by atoms with Gasteiger partial charge in [0.05, 0.1) is 6.54 Å². The standard InChI is InChI=1S/C18H19NO/c1-2-7-15(8-3-1)9-6-12-19-14-17-13-16-10-4-5-11-18(16)20-17/h1-5,7-8,10-11,13,19H,6,9,12,14H2. The number of hydrogen-bond donors (Lipinski definition) is 1. The average molecular weight is 265 g/mol. The molecule has 0 aliphatic rings. The number of aryl methyl sites for hydroxylation is 1. The molecule has 1 N–H and O–H groups in total. The van der Waals surface area contributed by atoms with E-state index in [4.69, 9.17) is 4.42 Å². The van der Waals surface area contributed by atoms with E-state index in [0.29, 0.717) is 0 Å². The average Bonchev–Trinajstić information content (AvgIpc) is 2.90. The predicted octanol–water partition coefficient (Wildman–Crippen LogP) is 4.16. The van der Waals surface area contributed by atoms with Crippen LogP contribution in [-0.4, -0.2) is 6.54 Å². The van der Waals surface area contributed by atoms with Crippen LogP contribution in [0.5, 0.6) is 0 Å². The maximum atomic E-state index is 5.77. The number of hydrogen-bond acceptors (Lipinski definition) is 2. The summed E-state index contributed by atoms with van der Waals surface area (Å²) >= 11 is 0. The van der Waals surface area contributed by atoms with Gasteiger partial charge < -0.3 is 9.73 Å². The van der Waals surface area contributed by atoms with Gasteiger partial charge in [0.1, 0.15) is 11.3 Å². The highest BCUT2D eigenvalue weighted by molar-refractivity contribution is 5.77. The highest BCUT2D eigenvalue weighted by atomic mass is 16.3. The quantitative estimate of drug-likeness (QED) is 0.677. The number of benzene rings is 2. The Labute approximate surface area is 119 Å². The highest BCUT2D eigenvalue weighted by Gasteiger charge is 2.01. The zero-order chi connectivity index (χ0) is 13.6. The molecule has 0 radical (unpaired) electrons. The van der Waals surface area contributed by atoms with Gasteiger partial charge >= 0.3 is 0 Å². The molecule has 3 rings (SSSR count). The largest absolute Gasteiger partial charge is 0.460 e. The molecular weight excluding hydrogens is 246 g/mol. The molecule has 1 aromatic heterocycles. The van der Waals surface area contributed by atoms with E-state index in [0.717, 1.165) is 37.3 Å². The Morgan fingerprint density at radius 1 is 0.900 bits per heavy atom. The number of fused-ring (bicyclic) bond motifs is 1.